The van der Waals surface area contributed by atoms with Crippen LogP contribution in [0, 0.1) is 0 Å². The molecule has 2 N–H and O–H groups in total. The minimum Gasteiger partial charge on any atom is -0.325 e. The van der Waals surface area contributed by atoms with E-state index in [2.05, 4.69) is 10.6 Å². The number of imide groups is 1. The first-order valence-electron chi connectivity index (χ1n) is 9.99. The number of amides is 5. The molecule has 2 aliphatic heterocycles. The number of nitrogens with zero attached hydrogens (tertiary/aromatic N) is 2. The maximum absolute atomic E-state index is 13.0. The molecule has 32 heavy (non-hydrogen) atoms. The smallest absolute Gasteiger partial charge is 0.325 e. The molecule has 8 nitrogen and oxygen atoms in total. The van der Waals surface area contributed by atoms with Crippen LogP contribution in [0.3, 0.4) is 0 Å². The third-order valence-corrected chi connectivity index (χ3v) is 6.35. The Morgan fingerprint density at radius 1 is 1.09 bits per heavy atom. The fourth-order valence-electron chi connectivity index (χ4n) is 3.83. The zero-order chi connectivity index (χ0) is 23.0. The van der Waals surface area contributed by atoms with Crippen molar-refractivity contribution in [2.75, 3.05) is 23.3 Å². The molecule has 2 aromatic rings. The van der Waals surface area contributed by atoms with E-state index in [0.717, 1.165) is 17.0 Å². The first kappa shape index (κ1) is 22.1. The quantitative estimate of drug-likeness (QED) is 0.647. The monoisotopic (exact) mass is 474 g/mol. The molecule has 5 amide bonds. The summed E-state index contributed by atoms with van der Waals surface area (Å²) in [6.07, 6.45) is 1.36. The number of carbonyl (C=O) groups excluding carboxylic acids is 4. The molecule has 1 atom stereocenters. The van der Waals surface area contributed by atoms with E-state index in [4.69, 9.17) is 23.2 Å². The topological polar surface area (TPSA) is 98.8 Å². The van der Waals surface area contributed by atoms with Crippen molar-refractivity contribution in [3.8, 4) is 0 Å². The molecular weight excluding hydrogens is 455 g/mol. The highest BCUT2D eigenvalue weighted by molar-refractivity contribution is 6.42. The van der Waals surface area contributed by atoms with Crippen LogP contribution in [0.25, 0.3) is 0 Å². The minimum absolute atomic E-state index is 0.0744. The number of rotatable bonds is 5. The van der Waals surface area contributed by atoms with E-state index >= 15 is 0 Å². The summed E-state index contributed by atoms with van der Waals surface area (Å²) in [4.78, 5) is 52.4. The lowest BCUT2D eigenvalue weighted by Gasteiger charge is -2.22. The van der Waals surface area contributed by atoms with Gasteiger partial charge in [0.25, 0.3) is 5.91 Å². The zero-order valence-corrected chi connectivity index (χ0v) is 18.7. The van der Waals surface area contributed by atoms with Gasteiger partial charge in [-0.1, -0.05) is 29.3 Å². The number of benzene rings is 2. The molecule has 0 aromatic heterocycles. The van der Waals surface area contributed by atoms with E-state index in [1.54, 1.807) is 48.2 Å². The summed E-state index contributed by atoms with van der Waals surface area (Å²) < 4.78 is 0. The third kappa shape index (κ3) is 4.03. The number of hydrogen-bond acceptors (Lipinski definition) is 4. The molecule has 2 aliphatic rings. The van der Waals surface area contributed by atoms with Gasteiger partial charge in [-0.05, 0) is 55.3 Å². The van der Waals surface area contributed by atoms with E-state index in [1.165, 1.54) is 6.07 Å². The molecule has 4 rings (SSSR count). The number of urea groups is 1. The van der Waals surface area contributed by atoms with Crippen LogP contribution in [-0.2, 0) is 19.9 Å². The van der Waals surface area contributed by atoms with Gasteiger partial charge in [0.1, 0.15) is 12.1 Å². The van der Waals surface area contributed by atoms with Crippen molar-refractivity contribution in [1.82, 2.24) is 10.2 Å². The maximum atomic E-state index is 13.0. The molecule has 0 bridgehead atoms. The molecule has 0 spiro atoms. The molecule has 0 saturated carbocycles. The molecule has 2 saturated heterocycles. The molecule has 10 heteroatoms. The van der Waals surface area contributed by atoms with Crippen molar-refractivity contribution in [3.63, 3.8) is 0 Å². The SMILES string of the molecule is CC1(c2ccc(Cl)c(Cl)c2)NC(=O)N(CC(=O)Nc2ccc(N3CCCC3=O)cc2)C1=O. The van der Waals surface area contributed by atoms with Crippen molar-refractivity contribution < 1.29 is 19.2 Å². The van der Waals surface area contributed by atoms with Crippen LogP contribution in [-0.4, -0.2) is 41.7 Å². The Morgan fingerprint density at radius 2 is 1.81 bits per heavy atom. The number of halogens is 2. The minimum atomic E-state index is -1.37. The largest absolute Gasteiger partial charge is 0.325 e. The Bertz CT molecular complexity index is 1120. The Morgan fingerprint density at radius 3 is 2.44 bits per heavy atom. The highest BCUT2D eigenvalue weighted by Crippen LogP contribution is 2.33. The normalized spacial score (nSPS) is 20.7. The van der Waals surface area contributed by atoms with Crippen molar-refractivity contribution in [2.45, 2.75) is 25.3 Å². The highest BCUT2D eigenvalue weighted by Gasteiger charge is 2.49. The molecule has 0 aliphatic carbocycles. The van der Waals surface area contributed by atoms with Crippen LogP contribution < -0.4 is 15.5 Å². The molecular formula is C22H20Cl2N4O4. The lowest BCUT2D eigenvalue weighted by atomic mass is 9.92. The third-order valence-electron chi connectivity index (χ3n) is 5.61. The van der Waals surface area contributed by atoms with Crippen molar-refractivity contribution in [3.05, 3.63) is 58.1 Å². The van der Waals surface area contributed by atoms with Gasteiger partial charge in [0.15, 0.2) is 0 Å². The summed E-state index contributed by atoms with van der Waals surface area (Å²) in [5.41, 5.74) is 0.345. The van der Waals surface area contributed by atoms with Gasteiger partial charge in [0.05, 0.1) is 10.0 Å². The predicted molar refractivity (Wildman–Crippen MR) is 121 cm³/mol. The second-order valence-corrected chi connectivity index (χ2v) is 8.63. The molecule has 2 aromatic carbocycles. The van der Waals surface area contributed by atoms with Crippen LogP contribution in [0.5, 0.6) is 0 Å². The van der Waals surface area contributed by atoms with Gasteiger partial charge in [-0.2, -0.15) is 0 Å². The van der Waals surface area contributed by atoms with Crippen molar-refractivity contribution in [1.29, 1.82) is 0 Å². The Labute approximate surface area is 194 Å². The van der Waals surface area contributed by atoms with E-state index in [0.29, 0.717) is 29.2 Å². The average Bonchev–Trinajstić information content (AvgIpc) is 3.27. The van der Waals surface area contributed by atoms with Gasteiger partial charge in [-0.15, -0.1) is 0 Å². The predicted octanol–water partition coefficient (Wildman–Crippen LogP) is 3.53. The van der Waals surface area contributed by atoms with E-state index < -0.39 is 29.9 Å². The van der Waals surface area contributed by atoms with Crippen LogP contribution in [0.4, 0.5) is 16.2 Å². The van der Waals surface area contributed by atoms with Gasteiger partial charge in [0, 0.05) is 24.3 Å². The molecule has 166 valence electrons. The van der Waals surface area contributed by atoms with Gasteiger partial charge in [-0.25, -0.2) is 4.79 Å². The number of nitrogens with one attached hydrogen (secondary N) is 2. The van der Waals surface area contributed by atoms with Gasteiger partial charge < -0.3 is 15.5 Å². The van der Waals surface area contributed by atoms with Crippen LogP contribution >= 0.6 is 23.2 Å². The van der Waals surface area contributed by atoms with Gasteiger partial charge in [-0.3, -0.25) is 19.3 Å². The van der Waals surface area contributed by atoms with Gasteiger partial charge in [0.2, 0.25) is 11.8 Å². The Kier molecular flexibility index (Phi) is 5.83. The summed E-state index contributed by atoms with van der Waals surface area (Å²) >= 11 is 12.0. The number of hydrogen-bond donors (Lipinski definition) is 2. The summed E-state index contributed by atoms with van der Waals surface area (Å²) in [6.45, 7) is 1.77. The molecule has 2 fully saturated rings. The standard InChI is InChI=1S/C22H20Cl2N4O4/c1-22(13-4-9-16(23)17(24)11-13)20(31)28(21(32)26-22)12-18(29)25-14-5-7-15(8-6-14)27-10-2-3-19(27)30/h4-9,11H,2-3,10,12H2,1H3,(H,25,29)(H,26,32). The first-order chi connectivity index (χ1) is 15.2. The Balaban J connectivity index is 1.43. The maximum Gasteiger partial charge on any atom is 0.325 e. The molecule has 0 radical (unpaired) electrons. The van der Waals surface area contributed by atoms with Crippen LogP contribution in [0.1, 0.15) is 25.3 Å². The fraction of sp³-hybridized carbons (Fsp3) is 0.273. The summed E-state index contributed by atoms with van der Waals surface area (Å²) in [7, 11) is 0. The van der Waals surface area contributed by atoms with E-state index in [-0.39, 0.29) is 10.9 Å². The molecule has 2 heterocycles. The summed E-state index contributed by atoms with van der Waals surface area (Å²) in [5.74, 6) is -1.03. The lowest BCUT2D eigenvalue weighted by molar-refractivity contribution is -0.133. The van der Waals surface area contributed by atoms with Crippen molar-refractivity contribution in [2.24, 2.45) is 0 Å². The second-order valence-electron chi connectivity index (χ2n) is 7.82. The first-order valence-corrected chi connectivity index (χ1v) is 10.7. The van der Waals surface area contributed by atoms with E-state index in [9.17, 15) is 19.2 Å². The zero-order valence-electron chi connectivity index (χ0n) is 17.2. The van der Waals surface area contributed by atoms with Gasteiger partial charge >= 0.3 is 6.03 Å². The van der Waals surface area contributed by atoms with Crippen LogP contribution in [0.15, 0.2) is 42.5 Å². The second kappa shape index (κ2) is 8.44. The van der Waals surface area contributed by atoms with E-state index in [1.807, 2.05) is 0 Å². The summed E-state index contributed by atoms with van der Waals surface area (Å²) in [6, 6.07) is 10.8. The number of carbonyl (C=O) groups is 4. The lowest BCUT2D eigenvalue weighted by Crippen LogP contribution is -2.42. The van der Waals surface area contributed by atoms with Crippen molar-refractivity contribution >= 4 is 58.3 Å². The van der Waals surface area contributed by atoms with Crippen LogP contribution in [0.2, 0.25) is 10.0 Å². The Hall–Kier alpha value is -3.10. The summed E-state index contributed by atoms with van der Waals surface area (Å²) in [5, 5.41) is 5.87. The highest BCUT2D eigenvalue weighted by atomic mass is 35.5. The molecule has 1 unspecified atom stereocenters. The number of anilines is 2. The fourth-order valence-corrected chi connectivity index (χ4v) is 4.13. The average molecular weight is 475 g/mol.